The van der Waals surface area contributed by atoms with Crippen LogP contribution in [0.1, 0.15) is 23.3 Å². The number of rotatable bonds is 6. The third-order valence-electron chi connectivity index (χ3n) is 4.43. The number of urea groups is 1. The fourth-order valence-electron chi connectivity index (χ4n) is 2.95. The van der Waals surface area contributed by atoms with Gasteiger partial charge in [0.05, 0.1) is 19.5 Å². The van der Waals surface area contributed by atoms with Gasteiger partial charge in [-0.05, 0) is 25.0 Å². The Labute approximate surface area is 142 Å². The highest BCUT2D eigenvalue weighted by Crippen LogP contribution is 2.17. The molecule has 0 bridgehead atoms. The summed E-state index contributed by atoms with van der Waals surface area (Å²) in [6.45, 7) is 5.27. The van der Waals surface area contributed by atoms with Gasteiger partial charge in [-0.2, -0.15) is 0 Å². The van der Waals surface area contributed by atoms with Crippen molar-refractivity contribution in [2.45, 2.75) is 26.5 Å². The molecule has 2 aromatic rings. The summed E-state index contributed by atoms with van der Waals surface area (Å²) in [6.07, 6.45) is 2.64. The molecule has 1 N–H and O–H groups in total. The van der Waals surface area contributed by atoms with Crippen molar-refractivity contribution in [1.82, 2.24) is 10.2 Å². The molecule has 0 aliphatic carbocycles. The van der Waals surface area contributed by atoms with Crippen LogP contribution in [0.3, 0.4) is 0 Å². The molecule has 128 valence electrons. The quantitative estimate of drug-likeness (QED) is 0.885. The number of nitrogens with one attached hydrogen (secondary N) is 1. The van der Waals surface area contributed by atoms with Gasteiger partial charge < -0.3 is 19.4 Å². The van der Waals surface area contributed by atoms with Crippen molar-refractivity contribution in [3.8, 4) is 0 Å². The van der Waals surface area contributed by atoms with E-state index in [1.165, 1.54) is 5.56 Å². The molecule has 1 aliphatic heterocycles. The third kappa shape index (κ3) is 4.38. The molecule has 1 fully saturated rings. The first-order chi connectivity index (χ1) is 11.7. The van der Waals surface area contributed by atoms with Crippen LogP contribution in [0.4, 0.5) is 4.79 Å². The molecule has 2 heterocycles. The predicted octanol–water partition coefficient (Wildman–Crippen LogP) is 3.34. The first-order valence-electron chi connectivity index (χ1n) is 8.40. The number of amides is 2. The molecule has 1 saturated heterocycles. The van der Waals surface area contributed by atoms with Gasteiger partial charge in [0.15, 0.2) is 0 Å². The number of aryl methyl sites for hydroxylation is 1. The number of hydrogen-bond acceptors (Lipinski definition) is 3. The van der Waals surface area contributed by atoms with Crippen LogP contribution in [0.2, 0.25) is 0 Å². The molecular weight excluding hydrogens is 304 g/mol. The Hall–Kier alpha value is -2.27. The maximum Gasteiger partial charge on any atom is 0.317 e. The molecule has 1 atom stereocenters. The lowest BCUT2D eigenvalue weighted by Crippen LogP contribution is -2.38. The van der Waals surface area contributed by atoms with E-state index in [0.717, 1.165) is 30.8 Å². The van der Waals surface area contributed by atoms with Crippen LogP contribution in [0.15, 0.2) is 47.1 Å². The highest BCUT2D eigenvalue weighted by molar-refractivity contribution is 5.74. The Morgan fingerprint density at radius 1 is 1.33 bits per heavy atom. The van der Waals surface area contributed by atoms with E-state index in [4.69, 9.17) is 9.15 Å². The van der Waals surface area contributed by atoms with Gasteiger partial charge in [0.1, 0.15) is 5.76 Å². The lowest BCUT2D eigenvalue weighted by molar-refractivity contribution is 0.0897. The monoisotopic (exact) mass is 328 g/mol. The van der Waals surface area contributed by atoms with Gasteiger partial charge in [-0.25, -0.2) is 4.79 Å². The molecule has 3 rings (SSSR count). The van der Waals surface area contributed by atoms with Gasteiger partial charge in [0.25, 0.3) is 0 Å². The average molecular weight is 328 g/mol. The zero-order valence-electron chi connectivity index (χ0n) is 14.0. The number of furan rings is 1. The smallest absolute Gasteiger partial charge is 0.317 e. The van der Waals surface area contributed by atoms with E-state index in [2.05, 4.69) is 17.4 Å². The number of ether oxygens (including phenoxy) is 1. The maximum absolute atomic E-state index is 12.2. The summed E-state index contributed by atoms with van der Waals surface area (Å²) in [4.78, 5) is 14.1. The van der Waals surface area contributed by atoms with Gasteiger partial charge in [-0.15, -0.1) is 0 Å². The van der Waals surface area contributed by atoms with Crippen LogP contribution in [0, 0.1) is 12.8 Å². The molecule has 0 unspecified atom stereocenters. The molecule has 1 aromatic heterocycles. The number of benzene rings is 1. The summed E-state index contributed by atoms with van der Waals surface area (Å²) in [7, 11) is 0. The molecule has 24 heavy (non-hydrogen) atoms. The van der Waals surface area contributed by atoms with Crippen LogP contribution in [0.25, 0.3) is 0 Å². The van der Waals surface area contributed by atoms with E-state index in [1.807, 2.05) is 36.1 Å². The fourth-order valence-corrected chi connectivity index (χ4v) is 2.95. The predicted molar refractivity (Wildman–Crippen MR) is 91.5 cm³/mol. The zero-order chi connectivity index (χ0) is 16.8. The summed E-state index contributed by atoms with van der Waals surface area (Å²) >= 11 is 0. The maximum atomic E-state index is 12.2. The van der Waals surface area contributed by atoms with Crippen molar-refractivity contribution >= 4 is 6.03 Å². The van der Waals surface area contributed by atoms with Gasteiger partial charge in [0.2, 0.25) is 0 Å². The first-order valence-corrected chi connectivity index (χ1v) is 8.40. The summed E-state index contributed by atoms with van der Waals surface area (Å²) in [6, 6.07) is 12.0. The van der Waals surface area contributed by atoms with Crippen molar-refractivity contribution < 1.29 is 13.9 Å². The van der Waals surface area contributed by atoms with Crippen molar-refractivity contribution in [1.29, 1.82) is 0 Å². The van der Waals surface area contributed by atoms with Gasteiger partial charge >= 0.3 is 6.03 Å². The Kier molecular flexibility index (Phi) is 5.54. The second-order valence-corrected chi connectivity index (χ2v) is 6.26. The topological polar surface area (TPSA) is 54.7 Å². The molecule has 1 aromatic carbocycles. The Balaban J connectivity index is 1.37. The van der Waals surface area contributed by atoms with Crippen molar-refractivity contribution in [2.75, 3.05) is 19.7 Å². The Morgan fingerprint density at radius 2 is 2.17 bits per heavy atom. The van der Waals surface area contributed by atoms with Crippen molar-refractivity contribution in [3.05, 3.63) is 59.5 Å². The molecule has 5 heteroatoms. The van der Waals surface area contributed by atoms with Crippen LogP contribution in [0.5, 0.6) is 0 Å². The van der Waals surface area contributed by atoms with E-state index in [-0.39, 0.29) is 6.03 Å². The minimum Gasteiger partial charge on any atom is -0.469 e. The molecule has 0 radical (unpaired) electrons. The fraction of sp³-hybridized carbons (Fsp3) is 0.421. The summed E-state index contributed by atoms with van der Waals surface area (Å²) in [5.41, 5.74) is 2.20. The molecule has 1 aliphatic rings. The standard InChI is InChI=1S/C19H24N2O3/c1-15-18(8-10-24-15)11-20-19(22)21-9-7-17(12-21)14-23-13-16-5-3-2-4-6-16/h2-6,8,10,17H,7,9,11-14H2,1H3,(H,20,22)/t17-/m0/s1. The Morgan fingerprint density at radius 3 is 2.92 bits per heavy atom. The third-order valence-corrected chi connectivity index (χ3v) is 4.43. The second-order valence-electron chi connectivity index (χ2n) is 6.26. The van der Waals surface area contributed by atoms with E-state index in [9.17, 15) is 4.79 Å². The van der Waals surface area contributed by atoms with Gasteiger partial charge in [0, 0.05) is 31.1 Å². The zero-order valence-corrected chi connectivity index (χ0v) is 14.0. The van der Waals surface area contributed by atoms with Crippen molar-refractivity contribution in [2.24, 2.45) is 5.92 Å². The molecule has 0 saturated carbocycles. The highest BCUT2D eigenvalue weighted by Gasteiger charge is 2.26. The summed E-state index contributed by atoms with van der Waals surface area (Å²) in [5, 5.41) is 2.96. The summed E-state index contributed by atoms with van der Waals surface area (Å²) in [5.74, 6) is 1.26. The van der Waals surface area contributed by atoms with Gasteiger partial charge in [-0.1, -0.05) is 30.3 Å². The van der Waals surface area contributed by atoms with E-state index < -0.39 is 0 Å². The second kappa shape index (κ2) is 8.02. The number of carbonyl (C=O) groups is 1. The minimum absolute atomic E-state index is 0.0128. The SMILES string of the molecule is Cc1occc1CNC(=O)N1CC[C@H](COCc2ccccc2)C1. The number of nitrogens with zero attached hydrogens (tertiary/aromatic N) is 1. The highest BCUT2D eigenvalue weighted by atomic mass is 16.5. The van der Waals surface area contributed by atoms with Crippen LogP contribution >= 0.6 is 0 Å². The normalized spacial score (nSPS) is 17.2. The number of likely N-dealkylation sites (tertiary alicyclic amines) is 1. The largest absolute Gasteiger partial charge is 0.469 e. The molecular formula is C19H24N2O3. The number of hydrogen-bond donors (Lipinski definition) is 1. The van der Waals surface area contributed by atoms with Crippen LogP contribution in [-0.4, -0.2) is 30.6 Å². The summed E-state index contributed by atoms with van der Waals surface area (Å²) < 4.78 is 11.0. The van der Waals surface area contributed by atoms with E-state index >= 15 is 0 Å². The molecule has 0 spiro atoms. The molecule has 5 nitrogen and oxygen atoms in total. The number of carbonyl (C=O) groups excluding carboxylic acids is 1. The van der Waals surface area contributed by atoms with Crippen molar-refractivity contribution in [3.63, 3.8) is 0 Å². The lowest BCUT2D eigenvalue weighted by atomic mass is 10.1. The van der Waals surface area contributed by atoms with Crippen LogP contribution < -0.4 is 5.32 Å². The van der Waals surface area contributed by atoms with Crippen LogP contribution in [-0.2, 0) is 17.9 Å². The van der Waals surface area contributed by atoms with Gasteiger partial charge in [-0.3, -0.25) is 0 Å². The lowest BCUT2D eigenvalue weighted by Gasteiger charge is -2.17. The first kappa shape index (κ1) is 16.6. The average Bonchev–Trinajstić information content (AvgIpc) is 3.23. The molecule has 2 amide bonds. The Bertz CT molecular complexity index is 654. The van der Waals surface area contributed by atoms with E-state index in [1.54, 1.807) is 6.26 Å². The van der Waals surface area contributed by atoms with E-state index in [0.29, 0.717) is 25.7 Å². The minimum atomic E-state index is -0.0128.